The van der Waals surface area contributed by atoms with Crippen molar-refractivity contribution in [2.45, 2.75) is 6.54 Å². The van der Waals surface area contributed by atoms with Crippen LogP contribution in [0.1, 0.15) is 5.56 Å². The minimum atomic E-state index is 0.248. The van der Waals surface area contributed by atoms with Crippen molar-refractivity contribution in [3.05, 3.63) is 78.4 Å². The minimum absolute atomic E-state index is 0.248. The summed E-state index contributed by atoms with van der Waals surface area (Å²) in [5, 5.41) is 10.3. The molecule has 0 amide bonds. The minimum Gasteiger partial charge on any atom is -0.508 e. The van der Waals surface area contributed by atoms with Crippen LogP contribution in [0.25, 0.3) is 22.3 Å². The van der Waals surface area contributed by atoms with E-state index in [2.05, 4.69) is 6.07 Å². The second kappa shape index (κ2) is 5.81. The molecule has 0 spiro atoms. The van der Waals surface area contributed by atoms with Gasteiger partial charge in [0.1, 0.15) is 5.75 Å². The lowest BCUT2D eigenvalue weighted by Crippen LogP contribution is -2.00. The highest BCUT2D eigenvalue weighted by atomic mass is 16.3. The van der Waals surface area contributed by atoms with E-state index in [1.807, 2.05) is 60.7 Å². The summed E-state index contributed by atoms with van der Waals surface area (Å²) in [4.78, 5) is 0. The Morgan fingerprint density at radius 1 is 0.714 bits per heavy atom. The van der Waals surface area contributed by atoms with Crippen LogP contribution in [0.2, 0.25) is 0 Å². The lowest BCUT2D eigenvalue weighted by Gasteiger charge is -2.13. The fourth-order valence-corrected chi connectivity index (χ4v) is 2.54. The summed E-state index contributed by atoms with van der Waals surface area (Å²) in [6.45, 7) is 0.311. The first-order valence-electron chi connectivity index (χ1n) is 6.96. The van der Waals surface area contributed by atoms with Crippen molar-refractivity contribution < 1.29 is 5.11 Å². The van der Waals surface area contributed by atoms with Gasteiger partial charge in [0.2, 0.25) is 0 Å². The molecule has 0 aliphatic heterocycles. The Labute approximate surface area is 124 Å². The molecule has 0 saturated heterocycles. The molecule has 21 heavy (non-hydrogen) atoms. The number of rotatable bonds is 3. The average molecular weight is 275 g/mol. The Morgan fingerprint density at radius 3 is 1.86 bits per heavy atom. The number of benzene rings is 3. The lowest BCUT2D eigenvalue weighted by atomic mass is 9.94. The Bertz CT molecular complexity index is 736. The summed E-state index contributed by atoms with van der Waals surface area (Å²) in [7, 11) is 0. The van der Waals surface area contributed by atoms with Gasteiger partial charge in [-0.15, -0.1) is 0 Å². The van der Waals surface area contributed by atoms with E-state index in [9.17, 15) is 5.11 Å². The van der Waals surface area contributed by atoms with Crippen molar-refractivity contribution in [1.82, 2.24) is 0 Å². The average Bonchev–Trinajstić information content (AvgIpc) is 2.55. The number of nitrogens with two attached hydrogens (primary N) is 1. The van der Waals surface area contributed by atoms with Gasteiger partial charge in [0.25, 0.3) is 0 Å². The maximum atomic E-state index is 10.3. The number of hydrogen-bond donors (Lipinski definition) is 2. The van der Waals surface area contributed by atoms with Crippen LogP contribution in [0.5, 0.6) is 5.75 Å². The molecule has 3 rings (SSSR count). The zero-order valence-corrected chi connectivity index (χ0v) is 11.7. The molecule has 0 heterocycles. The summed E-state index contributed by atoms with van der Waals surface area (Å²) in [5.74, 6) is 0.248. The van der Waals surface area contributed by atoms with Crippen LogP contribution in [0.4, 0.5) is 0 Å². The van der Waals surface area contributed by atoms with Crippen molar-refractivity contribution in [3.63, 3.8) is 0 Å². The molecule has 3 aromatic carbocycles. The number of hydrogen-bond acceptors (Lipinski definition) is 2. The summed E-state index contributed by atoms with van der Waals surface area (Å²) in [6, 6.07) is 23.9. The number of aromatic hydroxyl groups is 1. The van der Waals surface area contributed by atoms with Crippen LogP contribution in [-0.4, -0.2) is 5.11 Å². The summed E-state index contributed by atoms with van der Waals surface area (Å²) in [6.07, 6.45) is 0. The van der Waals surface area contributed by atoms with E-state index in [1.54, 1.807) is 6.07 Å². The van der Waals surface area contributed by atoms with Crippen LogP contribution < -0.4 is 5.73 Å². The van der Waals surface area contributed by atoms with Gasteiger partial charge in [-0.25, -0.2) is 0 Å². The molecule has 0 aliphatic carbocycles. The zero-order chi connectivity index (χ0) is 14.7. The Kier molecular flexibility index (Phi) is 3.71. The third-order valence-electron chi connectivity index (χ3n) is 3.62. The maximum absolute atomic E-state index is 10.3. The zero-order valence-electron chi connectivity index (χ0n) is 11.7. The van der Waals surface area contributed by atoms with E-state index in [0.29, 0.717) is 6.54 Å². The van der Waals surface area contributed by atoms with E-state index >= 15 is 0 Å². The Hall–Kier alpha value is -2.58. The van der Waals surface area contributed by atoms with Gasteiger partial charge in [-0.05, 0) is 34.4 Å². The molecule has 0 radical (unpaired) electrons. The molecule has 0 saturated carbocycles. The first-order chi connectivity index (χ1) is 10.3. The van der Waals surface area contributed by atoms with Gasteiger partial charge in [-0.3, -0.25) is 0 Å². The van der Waals surface area contributed by atoms with E-state index in [-0.39, 0.29) is 5.75 Å². The molecule has 0 fully saturated rings. The molecule has 2 nitrogen and oxygen atoms in total. The van der Waals surface area contributed by atoms with Gasteiger partial charge in [0.05, 0.1) is 0 Å². The van der Waals surface area contributed by atoms with Gasteiger partial charge in [0.15, 0.2) is 0 Å². The second-order valence-electron chi connectivity index (χ2n) is 4.96. The molecule has 104 valence electrons. The highest BCUT2D eigenvalue weighted by Crippen LogP contribution is 2.35. The first-order valence-corrected chi connectivity index (χ1v) is 6.96. The topological polar surface area (TPSA) is 46.2 Å². The lowest BCUT2D eigenvalue weighted by molar-refractivity contribution is 0.469. The molecule has 3 aromatic rings. The van der Waals surface area contributed by atoms with Crippen LogP contribution >= 0.6 is 0 Å². The predicted molar refractivity (Wildman–Crippen MR) is 86.9 cm³/mol. The highest BCUT2D eigenvalue weighted by molar-refractivity contribution is 5.78. The molecule has 0 aliphatic rings. The van der Waals surface area contributed by atoms with Crippen LogP contribution in [0.3, 0.4) is 0 Å². The van der Waals surface area contributed by atoms with Crippen molar-refractivity contribution in [2.75, 3.05) is 0 Å². The van der Waals surface area contributed by atoms with E-state index in [1.165, 1.54) is 0 Å². The summed E-state index contributed by atoms with van der Waals surface area (Å²) >= 11 is 0. The Balaban J connectivity index is 2.21. The van der Waals surface area contributed by atoms with Crippen molar-refractivity contribution in [3.8, 4) is 28.0 Å². The van der Waals surface area contributed by atoms with Crippen molar-refractivity contribution in [1.29, 1.82) is 0 Å². The molecule has 0 unspecified atom stereocenters. The smallest absolute Gasteiger partial charge is 0.121 e. The number of phenolic OH excluding ortho intramolecular Hbond substituents is 1. The van der Waals surface area contributed by atoms with E-state index in [4.69, 9.17) is 5.73 Å². The highest BCUT2D eigenvalue weighted by Gasteiger charge is 2.11. The van der Waals surface area contributed by atoms with Crippen molar-refractivity contribution in [2.24, 2.45) is 5.73 Å². The van der Waals surface area contributed by atoms with Crippen LogP contribution in [0, 0.1) is 0 Å². The quantitative estimate of drug-likeness (QED) is 0.753. The SMILES string of the molecule is NCc1c(O)cc(-c2ccccc2)cc1-c1ccccc1. The molecular weight excluding hydrogens is 258 g/mol. The monoisotopic (exact) mass is 275 g/mol. The predicted octanol–water partition coefficient (Wildman–Crippen LogP) is 4.18. The van der Waals surface area contributed by atoms with Gasteiger partial charge in [-0.2, -0.15) is 0 Å². The second-order valence-corrected chi connectivity index (χ2v) is 4.96. The van der Waals surface area contributed by atoms with E-state index in [0.717, 1.165) is 27.8 Å². The van der Waals surface area contributed by atoms with Gasteiger partial charge in [0, 0.05) is 12.1 Å². The molecule has 3 N–H and O–H groups in total. The van der Waals surface area contributed by atoms with E-state index < -0.39 is 0 Å². The Morgan fingerprint density at radius 2 is 1.29 bits per heavy atom. The summed E-state index contributed by atoms with van der Waals surface area (Å²) in [5.41, 5.74) is 10.7. The summed E-state index contributed by atoms with van der Waals surface area (Å²) < 4.78 is 0. The fraction of sp³-hybridized carbons (Fsp3) is 0.0526. The third kappa shape index (κ3) is 2.67. The molecule has 0 aromatic heterocycles. The van der Waals surface area contributed by atoms with Crippen LogP contribution in [-0.2, 0) is 6.54 Å². The van der Waals surface area contributed by atoms with Gasteiger partial charge in [-0.1, -0.05) is 60.7 Å². The van der Waals surface area contributed by atoms with Gasteiger partial charge < -0.3 is 10.8 Å². The van der Waals surface area contributed by atoms with Crippen LogP contribution in [0.15, 0.2) is 72.8 Å². The first kappa shape index (κ1) is 13.4. The normalized spacial score (nSPS) is 10.5. The number of phenols is 1. The molecule has 0 bridgehead atoms. The molecule has 2 heteroatoms. The fourth-order valence-electron chi connectivity index (χ4n) is 2.54. The molecule has 0 atom stereocenters. The maximum Gasteiger partial charge on any atom is 0.121 e. The molecular formula is C19H17NO. The third-order valence-corrected chi connectivity index (χ3v) is 3.62. The van der Waals surface area contributed by atoms with Gasteiger partial charge >= 0.3 is 0 Å². The van der Waals surface area contributed by atoms with Crippen molar-refractivity contribution >= 4 is 0 Å². The standard InChI is InChI=1S/C19H17NO/c20-13-18-17(15-9-5-2-6-10-15)11-16(12-19(18)21)14-7-3-1-4-8-14/h1-12,21H,13,20H2. The largest absolute Gasteiger partial charge is 0.508 e.